The third-order valence-electron chi connectivity index (χ3n) is 7.33. The SMILES string of the molecule is CN(C)/C=N\C(=O)C(C)(C)S(=O)(=O)C1(CN2CCn3c(ccc(C(=O)NCc4ccc(Cl)cc4)c3=O)C2=O)CC1. The van der Waals surface area contributed by atoms with Gasteiger partial charge in [0.15, 0.2) is 9.84 Å². The molecule has 1 N–H and O–H groups in total. The van der Waals surface area contributed by atoms with Crippen LogP contribution in [0.3, 0.4) is 0 Å². The highest BCUT2D eigenvalue weighted by atomic mass is 35.5. The predicted octanol–water partition coefficient (Wildman–Crippen LogP) is 1.73. The van der Waals surface area contributed by atoms with Crippen LogP contribution < -0.4 is 10.9 Å². The molecule has 1 aromatic heterocycles. The van der Waals surface area contributed by atoms with Crippen molar-refractivity contribution in [3.05, 3.63) is 68.6 Å². The Kier molecular flexibility index (Phi) is 7.97. The lowest BCUT2D eigenvalue weighted by Gasteiger charge is -2.35. The summed E-state index contributed by atoms with van der Waals surface area (Å²) in [6.45, 7) is 2.96. The minimum atomic E-state index is -4.04. The molecular weight excluding hydrogens is 558 g/mol. The van der Waals surface area contributed by atoms with Gasteiger partial charge in [0.2, 0.25) is 0 Å². The minimum Gasteiger partial charge on any atom is -0.369 e. The van der Waals surface area contributed by atoms with E-state index in [0.29, 0.717) is 17.9 Å². The standard InChI is InChI=1S/C27H32ClN5O6S/c1-26(2,25(37)30-17-31(3)4)40(38,39)27(11-12-27)16-32-13-14-33-21(24(32)36)10-9-20(23(33)35)22(34)29-15-18-5-7-19(28)8-6-18/h5-10,17H,11-16H2,1-4H3,(H,29,34)/b30-17-. The molecule has 1 saturated carbocycles. The van der Waals surface area contributed by atoms with Crippen molar-refractivity contribution in [2.45, 2.75) is 49.3 Å². The van der Waals surface area contributed by atoms with Crippen molar-refractivity contribution in [2.75, 3.05) is 27.2 Å². The van der Waals surface area contributed by atoms with Gasteiger partial charge in [0.05, 0.1) is 11.1 Å². The Morgan fingerprint density at radius 1 is 1.10 bits per heavy atom. The van der Waals surface area contributed by atoms with E-state index in [2.05, 4.69) is 10.3 Å². The van der Waals surface area contributed by atoms with Gasteiger partial charge >= 0.3 is 0 Å². The molecule has 0 atom stereocenters. The molecule has 40 heavy (non-hydrogen) atoms. The van der Waals surface area contributed by atoms with Crippen molar-refractivity contribution in [1.82, 2.24) is 19.7 Å². The molecule has 1 aromatic carbocycles. The zero-order chi connectivity index (χ0) is 29.5. The number of aliphatic imine (C=N–C) groups is 1. The van der Waals surface area contributed by atoms with Crippen LogP contribution in [-0.4, -0.2) is 83.5 Å². The number of hydrogen-bond donors (Lipinski definition) is 1. The third-order valence-corrected chi connectivity index (χ3v) is 10.8. The van der Waals surface area contributed by atoms with Crippen molar-refractivity contribution in [3.63, 3.8) is 0 Å². The number of halogens is 1. The topological polar surface area (TPSA) is 138 Å². The fourth-order valence-corrected chi connectivity index (χ4v) is 7.11. The normalized spacial score (nSPS) is 16.5. The van der Waals surface area contributed by atoms with Crippen LogP contribution in [0.4, 0.5) is 0 Å². The average molecular weight is 590 g/mol. The van der Waals surface area contributed by atoms with Crippen molar-refractivity contribution < 1.29 is 22.8 Å². The van der Waals surface area contributed by atoms with E-state index in [0.717, 1.165) is 5.56 Å². The molecule has 4 rings (SSSR count). The molecule has 214 valence electrons. The van der Waals surface area contributed by atoms with Gasteiger partial charge in [0, 0.05) is 45.3 Å². The Morgan fingerprint density at radius 3 is 2.35 bits per heavy atom. The van der Waals surface area contributed by atoms with Crippen LogP contribution in [-0.2, 0) is 27.7 Å². The van der Waals surface area contributed by atoms with Gasteiger partial charge < -0.3 is 19.7 Å². The molecule has 13 heteroatoms. The average Bonchev–Trinajstić information content (AvgIpc) is 3.70. The summed E-state index contributed by atoms with van der Waals surface area (Å²) in [5, 5.41) is 3.27. The number of fused-ring (bicyclic) bond motifs is 1. The second kappa shape index (κ2) is 10.8. The summed E-state index contributed by atoms with van der Waals surface area (Å²) in [6.07, 6.45) is 1.88. The molecule has 3 amide bonds. The summed E-state index contributed by atoms with van der Waals surface area (Å²) < 4.78 is 25.5. The second-order valence-electron chi connectivity index (χ2n) is 10.8. The van der Waals surface area contributed by atoms with Gasteiger partial charge in [-0.05, 0) is 56.5 Å². The van der Waals surface area contributed by atoms with E-state index in [1.54, 1.807) is 38.4 Å². The van der Waals surface area contributed by atoms with Crippen molar-refractivity contribution >= 4 is 45.5 Å². The van der Waals surface area contributed by atoms with E-state index >= 15 is 0 Å². The number of nitrogens with one attached hydrogen (secondary N) is 1. The fraction of sp³-hybridized carbons (Fsp3) is 0.444. The third kappa shape index (κ3) is 5.42. The summed E-state index contributed by atoms with van der Waals surface area (Å²) in [6, 6.07) is 9.63. The number of nitrogens with zero attached hydrogens (tertiary/aromatic N) is 4. The van der Waals surface area contributed by atoms with Crippen LogP contribution in [0.15, 0.2) is 46.2 Å². The van der Waals surface area contributed by atoms with Crippen molar-refractivity contribution in [1.29, 1.82) is 0 Å². The first-order valence-electron chi connectivity index (χ1n) is 12.8. The lowest BCUT2D eigenvalue weighted by molar-refractivity contribution is -0.119. The van der Waals surface area contributed by atoms with Gasteiger partial charge in [-0.1, -0.05) is 23.7 Å². The van der Waals surface area contributed by atoms with Crippen molar-refractivity contribution in [3.8, 4) is 0 Å². The van der Waals surface area contributed by atoms with Crippen molar-refractivity contribution in [2.24, 2.45) is 4.99 Å². The van der Waals surface area contributed by atoms with Crippen LogP contribution in [0.5, 0.6) is 0 Å². The molecular formula is C27H32ClN5O6S. The smallest absolute Gasteiger partial charge is 0.270 e. The molecule has 0 unspecified atom stereocenters. The largest absolute Gasteiger partial charge is 0.369 e. The number of carbonyl (C=O) groups is 3. The Balaban J connectivity index is 1.50. The number of hydrogen-bond acceptors (Lipinski definition) is 6. The Bertz CT molecular complexity index is 1540. The molecule has 1 fully saturated rings. The molecule has 2 heterocycles. The van der Waals surface area contributed by atoms with E-state index in [-0.39, 0.29) is 37.4 Å². The van der Waals surface area contributed by atoms with E-state index in [1.165, 1.54) is 46.7 Å². The summed E-state index contributed by atoms with van der Waals surface area (Å²) in [5.41, 5.74) is 0.182. The molecule has 0 bridgehead atoms. The summed E-state index contributed by atoms with van der Waals surface area (Å²) >= 11 is 5.88. The fourth-order valence-electron chi connectivity index (χ4n) is 4.65. The van der Waals surface area contributed by atoms with Gasteiger partial charge in [-0.2, -0.15) is 0 Å². The lowest BCUT2D eigenvalue weighted by Crippen LogP contribution is -2.54. The molecule has 11 nitrogen and oxygen atoms in total. The van der Waals surface area contributed by atoms with E-state index in [4.69, 9.17) is 11.6 Å². The number of aromatic nitrogens is 1. The van der Waals surface area contributed by atoms with Gasteiger partial charge in [-0.15, -0.1) is 0 Å². The van der Waals surface area contributed by atoms with Crippen LogP contribution >= 0.6 is 11.6 Å². The highest BCUT2D eigenvalue weighted by molar-refractivity contribution is 7.95. The monoisotopic (exact) mass is 589 g/mol. The summed E-state index contributed by atoms with van der Waals surface area (Å²) in [4.78, 5) is 58.6. The molecule has 1 aliphatic carbocycles. The maximum atomic E-state index is 13.7. The Morgan fingerprint density at radius 2 is 1.75 bits per heavy atom. The maximum absolute atomic E-state index is 13.7. The van der Waals surface area contributed by atoms with Crippen LogP contribution in [0.1, 0.15) is 53.1 Å². The summed E-state index contributed by atoms with van der Waals surface area (Å²) in [5.74, 6) is -1.86. The van der Waals surface area contributed by atoms with E-state index in [9.17, 15) is 27.6 Å². The zero-order valence-corrected chi connectivity index (χ0v) is 24.4. The second-order valence-corrected chi connectivity index (χ2v) is 14.2. The number of amides is 3. The van der Waals surface area contributed by atoms with Crippen LogP contribution in [0, 0.1) is 0 Å². The molecule has 0 spiro atoms. The number of rotatable bonds is 9. The maximum Gasteiger partial charge on any atom is 0.270 e. The lowest BCUT2D eigenvalue weighted by atomic mass is 10.1. The zero-order valence-electron chi connectivity index (χ0n) is 22.8. The number of sulfone groups is 1. The van der Waals surface area contributed by atoms with Gasteiger partial charge in [0.25, 0.3) is 23.3 Å². The number of benzene rings is 1. The predicted molar refractivity (Wildman–Crippen MR) is 151 cm³/mol. The molecule has 1 aliphatic heterocycles. The first kappa shape index (κ1) is 29.5. The highest BCUT2D eigenvalue weighted by Crippen LogP contribution is 2.49. The number of pyridine rings is 1. The summed E-state index contributed by atoms with van der Waals surface area (Å²) in [7, 11) is -0.698. The first-order valence-corrected chi connectivity index (χ1v) is 14.6. The minimum absolute atomic E-state index is 0.0737. The van der Waals surface area contributed by atoms with E-state index < -0.39 is 42.6 Å². The quantitative estimate of drug-likeness (QED) is 0.347. The molecule has 0 saturated heterocycles. The van der Waals surface area contributed by atoms with Gasteiger partial charge in [0.1, 0.15) is 16.0 Å². The molecule has 0 radical (unpaired) electrons. The Hall–Kier alpha value is -3.51. The Labute approximate surface area is 237 Å². The first-order chi connectivity index (χ1) is 18.7. The van der Waals surface area contributed by atoms with E-state index in [1.807, 2.05) is 0 Å². The highest BCUT2D eigenvalue weighted by Gasteiger charge is 2.63. The number of carbonyl (C=O) groups excluding carboxylic acids is 3. The van der Waals surface area contributed by atoms with Gasteiger partial charge in [-0.25, -0.2) is 13.4 Å². The van der Waals surface area contributed by atoms with Gasteiger partial charge in [-0.3, -0.25) is 19.2 Å². The van der Waals surface area contributed by atoms with Crippen LogP contribution in [0.2, 0.25) is 5.02 Å². The van der Waals surface area contributed by atoms with Crippen LogP contribution in [0.25, 0.3) is 0 Å². The molecule has 2 aliphatic rings. The molecule has 2 aromatic rings.